The monoisotopic (exact) mass is 429 g/mol. The molecule has 0 saturated carbocycles. The van der Waals surface area contributed by atoms with E-state index in [-0.39, 0.29) is 12.3 Å². The third-order valence-corrected chi connectivity index (χ3v) is 6.56. The highest BCUT2D eigenvalue weighted by Gasteiger charge is 2.32. The van der Waals surface area contributed by atoms with Crippen LogP contribution in [0.15, 0.2) is 36.4 Å². The third kappa shape index (κ3) is 4.73. The zero-order chi connectivity index (χ0) is 21.1. The van der Waals surface area contributed by atoms with Gasteiger partial charge in [0.15, 0.2) is 0 Å². The van der Waals surface area contributed by atoms with Crippen LogP contribution in [0.4, 0.5) is 0 Å². The van der Waals surface area contributed by atoms with Crippen LogP contribution < -0.4 is 9.47 Å². The maximum Gasteiger partial charge on any atom is 0.303 e. The highest BCUT2D eigenvalue weighted by molar-refractivity contribution is 6.31. The van der Waals surface area contributed by atoms with E-state index in [2.05, 4.69) is 24.0 Å². The van der Waals surface area contributed by atoms with Crippen molar-refractivity contribution in [3.05, 3.63) is 58.1 Å². The SMILES string of the molecule is CCc1cccc(Cl)c1COc1ccc2c(c1)OCC(N1CCC(CC(=O)O)C1)C2. The van der Waals surface area contributed by atoms with Crippen molar-refractivity contribution in [3.63, 3.8) is 0 Å². The maximum absolute atomic E-state index is 11.0. The maximum atomic E-state index is 11.0. The lowest BCUT2D eigenvalue weighted by atomic mass is 10.0. The van der Waals surface area contributed by atoms with Crippen LogP contribution >= 0.6 is 11.6 Å². The molecule has 0 aromatic heterocycles. The van der Waals surface area contributed by atoms with Gasteiger partial charge in [0.2, 0.25) is 0 Å². The first-order valence-electron chi connectivity index (χ1n) is 10.6. The smallest absolute Gasteiger partial charge is 0.303 e. The molecule has 0 spiro atoms. The normalized spacial score (nSPS) is 21.1. The van der Waals surface area contributed by atoms with Gasteiger partial charge in [0, 0.05) is 35.7 Å². The average molecular weight is 430 g/mol. The molecule has 6 heteroatoms. The molecule has 30 heavy (non-hydrogen) atoms. The average Bonchev–Trinajstić information content (AvgIpc) is 3.20. The van der Waals surface area contributed by atoms with Crippen molar-refractivity contribution in [1.29, 1.82) is 0 Å². The molecule has 2 aliphatic heterocycles. The van der Waals surface area contributed by atoms with E-state index in [9.17, 15) is 4.79 Å². The Morgan fingerprint density at radius 1 is 1.33 bits per heavy atom. The molecular formula is C24H28ClNO4. The Hall–Kier alpha value is -2.24. The van der Waals surface area contributed by atoms with Crippen LogP contribution in [0.5, 0.6) is 11.5 Å². The van der Waals surface area contributed by atoms with Gasteiger partial charge in [-0.15, -0.1) is 0 Å². The fourth-order valence-corrected chi connectivity index (χ4v) is 4.77. The molecule has 5 nitrogen and oxygen atoms in total. The molecule has 2 unspecified atom stereocenters. The quantitative estimate of drug-likeness (QED) is 0.698. The summed E-state index contributed by atoms with van der Waals surface area (Å²) in [5.74, 6) is 1.19. The number of carboxylic acids is 1. The number of ether oxygens (including phenoxy) is 2. The predicted molar refractivity (Wildman–Crippen MR) is 117 cm³/mol. The number of hydrogen-bond donors (Lipinski definition) is 1. The summed E-state index contributed by atoms with van der Waals surface area (Å²) in [6.07, 6.45) is 3.04. The molecule has 160 valence electrons. The number of nitrogens with zero attached hydrogens (tertiary/aromatic N) is 1. The Balaban J connectivity index is 1.37. The summed E-state index contributed by atoms with van der Waals surface area (Å²) in [5.41, 5.74) is 3.41. The highest BCUT2D eigenvalue weighted by Crippen LogP contribution is 2.33. The standard InChI is InChI=1S/C24H28ClNO4/c1-2-17-4-3-5-22(25)21(17)15-29-20-7-6-18-11-19(14-30-23(18)12-20)26-9-8-16(13-26)10-24(27)28/h3-7,12,16,19H,2,8-11,13-15H2,1H3,(H,27,28). The number of carboxylic acid groups (broad SMARTS) is 1. The summed E-state index contributed by atoms with van der Waals surface area (Å²) >= 11 is 6.36. The van der Waals surface area contributed by atoms with Crippen LogP contribution in [0, 0.1) is 5.92 Å². The number of aliphatic carboxylic acids is 1. The molecule has 2 aliphatic rings. The second-order valence-corrected chi connectivity index (χ2v) is 8.61. The highest BCUT2D eigenvalue weighted by atomic mass is 35.5. The molecule has 4 rings (SSSR count). The zero-order valence-electron chi connectivity index (χ0n) is 17.3. The van der Waals surface area contributed by atoms with Crippen LogP contribution in [-0.4, -0.2) is 41.7 Å². The lowest BCUT2D eigenvalue weighted by Gasteiger charge is -2.32. The second-order valence-electron chi connectivity index (χ2n) is 8.21. The minimum atomic E-state index is -0.706. The molecule has 1 fully saturated rings. The van der Waals surface area contributed by atoms with Gasteiger partial charge in [-0.1, -0.05) is 36.7 Å². The number of likely N-dealkylation sites (tertiary alicyclic amines) is 1. The third-order valence-electron chi connectivity index (χ3n) is 6.20. The predicted octanol–water partition coefficient (Wildman–Crippen LogP) is 4.58. The lowest BCUT2D eigenvalue weighted by molar-refractivity contribution is -0.138. The first kappa shape index (κ1) is 21.0. The molecule has 1 saturated heterocycles. The van der Waals surface area contributed by atoms with Gasteiger partial charge in [-0.05, 0) is 55.0 Å². The van der Waals surface area contributed by atoms with Crippen LogP contribution in [0.25, 0.3) is 0 Å². The Labute approximate surface area is 182 Å². The Morgan fingerprint density at radius 2 is 2.20 bits per heavy atom. The van der Waals surface area contributed by atoms with Crippen LogP contribution in [0.2, 0.25) is 5.02 Å². The fourth-order valence-electron chi connectivity index (χ4n) is 4.52. The van der Waals surface area contributed by atoms with E-state index in [1.165, 1.54) is 11.1 Å². The van der Waals surface area contributed by atoms with E-state index < -0.39 is 5.97 Å². The lowest BCUT2D eigenvalue weighted by Crippen LogP contribution is -2.41. The largest absolute Gasteiger partial charge is 0.492 e. The van der Waals surface area contributed by atoms with Crippen LogP contribution in [0.3, 0.4) is 0 Å². The molecular weight excluding hydrogens is 402 g/mol. The number of halogens is 1. The van der Waals surface area contributed by atoms with Gasteiger partial charge in [-0.25, -0.2) is 0 Å². The molecule has 0 radical (unpaired) electrons. The van der Waals surface area contributed by atoms with Crippen molar-refractivity contribution < 1.29 is 19.4 Å². The van der Waals surface area contributed by atoms with E-state index in [0.29, 0.717) is 19.3 Å². The molecule has 0 aliphatic carbocycles. The molecule has 1 N–H and O–H groups in total. The van der Waals surface area contributed by atoms with Gasteiger partial charge in [0.1, 0.15) is 24.7 Å². The van der Waals surface area contributed by atoms with Gasteiger partial charge < -0.3 is 14.6 Å². The number of carbonyl (C=O) groups is 1. The van der Waals surface area contributed by atoms with E-state index in [1.807, 2.05) is 24.3 Å². The van der Waals surface area contributed by atoms with Gasteiger partial charge in [-0.3, -0.25) is 9.69 Å². The van der Waals surface area contributed by atoms with Crippen molar-refractivity contribution in [2.75, 3.05) is 19.7 Å². The van der Waals surface area contributed by atoms with Gasteiger partial charge in [0.25, 0.3) is 0 Å². The van der Waals surface area contributed by atoms with Crippen molar-refractivity contribution in [2.24, 2.45) is 5.92 Å². The summed E-state index contributed by atoms with van der Waals surface area (Å²) < 4.78 is 12.1. The van der Waals surface area contributed by atoms with Gasteiger partial charge in [-0.2, -0.15) is 0 Å². The summed E-state index contributed by atoms with van der Waals surface area (Å²) in [4.78, 5) is 13.3. The minimum absolute atomic E-state index is 0.248. The van der Waals surface area contributed by atoms with Gasteiger partial charge >= 0.3 is 5.97 Å². The summed E-state index contributed by atoms with van der Waals surface area (Å²) in [6.45, 7) is 4.96. The minimum Gasteiger partial charge on any atom is -0.492 e. The molecule has 2 atom stereocenters. The molecule has 0 bridgehead atoms. The first-order valence-corrected chi connectivity index (χ1v) is 11.0. The van der Waals surface area contributed by atoms with E-state index >= 15 is 0 Å². The molecule has 2 aromatic rings. The molecule has 2 heterocycles. The first-order chi connectivity index (χ1) is 14.5. The van der Waals surface area contributed by atoms with Crippen molar-refractivity contribution in [2.45, 2.75) is 45.3 Å². The number of fused-ring (bicyclic) bond motifs is 1. The Morgan fingerprint density at radius 3 is 3.00 bits per heavy atom. The van der Waals surface area contributed by atoms with Crippen LogP contribution in [-0.2, 0) is 24.2 Å². The fraction of sp³-hybridized carbons (Fsp3) is 0.458. The number of aryl methyl sites for hydroxylation is 1. The van der Waals surface area contributed by atoms with Crippen molar-refractivity contribution in [3.8, 4) is 11.5 Å². The molecule has 0 amide bonds. The summed E-state index contributed by atoms with van der Waals surface area (Å²) in [7, 11) is 0. The second kappa shape index (κ2) is 9.27. The molecule has 2 aromatic carbocycles. The Kier molecular flexibility index (Phi) is 6.49. The number of benzene rings is 2. The number of rotatable bonds is 7. The summed E-state index contributed by atoms with van der Waals surface area (Å²) in [6, 6.07) is 12.3. The van der Waals surface area contributed by atoms with Crippen LogP contribution in [0.1, 0.15) is 36.5 Å². The van der Waals surface area contributed by atoms with Crippen molar-refractivity contribution >= 4 is 17.6 Å². The topological polar surface area (TPSA) is 59.0 Å². The summed E-state index contributed by atoms with van der Waals surface area (Å²) in [5, 5.41) is 9.76. The van der Waals surface area contributed by atoms with Gasteiger partial charge in [0.05, 0.1) is 0 Å². The number of hydrogen-bond acceptors (Lipinski definition) is 4. The zero-order valence-corrected chi connectivity index (χ0v) is 18.0. The Bertz CT molecular complexity index is 916. The van der Waals surface area contributed by atoms with E-state index in [1.54, 1.807) is 0 Å². The van der Waals surface area contributed by atoms with E-state index in [0.717, 1.165) is 54.4 Å². The van der Waals surface area contributed by atoms with E-state index in [4.69, 9.17) is 26.2 Å². The van der Waals surface area contributed by atoms with Crippen molar-refractivity contribution in [1.82, 2.24) is 4.90 Å².